The molecule has 2 amide bonds. The van der Waals surface area contributed by atoms with Gasteiger partial charge in [-0.05, 0) is 37.8 Å². The van der Waals surface area contributed by atoms with Gasteiger partial charge in [0.15, 0.2) is 0 Å². The molecule has 5 nitrogen and oxygen atoms in total. The Morgan fingerprint density at radius 3 is 3.00 bits per heavy atom. The second-order valence-corrected chi connectivity index (χ2v) is 6.80. The van der Waals surface area contributed by atoms with E-state index in [-0.39, 0.29) is 17.7 Å². The fourth-order valence-corrected chi connectivity index (χ4v) is 4.06. The Morgan fingerprint density at radius 2 is 2.29 bits per heavy atom. The van der Waals surface area contributed by atoms with Crippen molar-refractivity contribution < 1.29 is 9.59 Å². The summed E-state index contributed by atoms with van der Waals surface area (Å²) in [5.74, 6) is 0.116. The number of thiophene rings is 1. The minimum Gasteiger partial charge on any atom is -0.352 e. The molecular formula is C15H21N3O2S. The highest BCUT2D eigenvalue weighted by Gasteiger charge is 2.38. The van der Waals surface area contributed by atoms with Crippen molar-refractivity contribution in [3.63, 3.8) is 0 Å². The van der Waals surface area contributed by atoms with Gasteiger partial charge in [-0.2, -0.15) is 0 Å². The molecule has 2 fully saturated rings. The van der Waals surface area contributed by atoms with E-state index in [0.29, 0.717) is 19.1 Å². The van der Waals surface area contributed by atoms with Crippen LogP contribution >= 0.6 is 11.3 Å². The van der Waals surface area contributed by atoms with E-state index in [1.54, 1.807) is 4.90 Å². The fourth-order valence-electron chi connectivity index (χ4n) is 3.22. The zero-order chi connectivity index (χ0) is 14.8. The Kier molecular flexibility index (Phi) is 4.26. The molecule has 0 saturated carbocycles. The van der Waals surface area contributed by atoms with Crippen LogP contribution in [0.1, 0.15) is 30.7 Å². The normalized spacial score (nSPS) is 30.0. The van der Waals surface area contributed by atoms with Crippen LogP contribution < -0.4 is 10.6 Å². The van der Waals surface area contributed by atoms with Crippen molar-refractivity contribution in [2.24, 2.45) is 5.92 Å². The van der Waals surface area contributed by atoms with Gasteiger partial charge in [-0.25, -0.2) is 0 Å². The molecule has 3 heterocycles. The molecule has 2 aliphatic heterocycles. The molecule has 2 N–H and O–H groups in total. The Labute approximate surface area is 128 Å². The van der Waals surface area contributed by atoms with Gasteiger partial charge in [0.05, 0.1) is 0 Å². The predicted octanol–water partition coefficient (Wildman–Crippen LogP) is 1.14. The van der Waals surface area contributed by atoms with Gasteiger partial charge >= 0.3 is 0 Å². The summed E-state index contributed by atoms with van der Waals surface area (Å²) < 4.78 is 0. The number of rotatable bonds is 2. The summed E-state index contributed by atoms with van der Waals surface area (Å²) in [6.45, 7) is 4.14. The average molecular weight is 307 g/mol. The van der Waals surface area contributed by atoms with Crippen LogP contribution in [0.4, 0.5) is 0 Å². The Morgan fingerprint density at radius 1 is 1.43 bits per heavy atom. The number of piperazine rings is 1. The van der Waals surface area contributed by atoms with E-state index in [1.165, 1.54) is 11.3 Å². The second kappa shape index (κ2) is 6.15. The average Bonchev–Trinajstić information content (AvgIpc) is 3.00. The van der Waals surface area contributed by atoms with Crippen LogP contribution in [-0.2, 0) is 9.59 Å². The van der Waals surface area contributed by atoms with E-state index in [9.17, 15) is 9.59 Å². The van der Waals surface area contributed by atoms with Crippen molar-refractivity contribution in [3.8, 4) is 0 Å². The zero-order valence-electron chi connectivity index (χ0n) is 12.2. The maximum absolute atomic E-state index is 12.9. The van der Waals surface area contributed by atoms with Crippen molar-refractivity contribution in [3.05, 3.63) is 22.4 Å². The van der Waals surface area contributed by atoms with E-state index in [1.807, 2.05) is 17.5 Å². The highest BCUT2D eigenvalue weighted by molar-refractivity contribution is 7.10. The van der Waals surface area contributed by atoms with Crippen molar-refractivity contribution in [1.82, 2.24) is 15.5 Å². The predicted molar refractivity (Wildman–Crippen MR) is 82.0 cm³/mol. The van der Waals surface area contributed by atoms with E-state index >= 15 is 0 Å². The van der Waals surface area contributed by atoms with Gasteiger partial charge in [-0.15, -0.1) is 11.3 Å². The van der Waals surface area contributed by atoms with Crippen molar-refractivity contribution in [2.45, 2.75) is 31.8 Å². The van der Waals surface area contributed by atoms with Gasteiger partial charge in [-0.1, -0.05) is 6.07 Å². The number of nitrogens with zero attached hydrogens (tertiary/aromatic N) is 1. The first-order valence-electron chi connectivity index (χ1n) is 7.52. The molecule has 2 aliphatic rings. The molecule has 21 heavy (non-hydrogen) atoms. The summed E-state index contributed by atoms with van der Waals surface area (Å²) in [5, 5.41) is 8.20. The highest BCUT2D eigenvalue weighted by atomic mass is 32.1. The molecule has 0 bridgehead atoms. The van der Waals surface area contributed by atoms with Crippen LogP contribution in [0.2, 0.25) is 0 Å². The Bertz CT molecular complexity index is 517. The number of nitrogens with one attached hydrogen (secondary N) is 2. The minimum atomic E-state index is -0.448. The number of carbonyl (C=O) groups is 2. The van der Waals surface area contributed by atoms with Gasteiger partial charge in [-0.3, -0.25) is 9.59 Å². The summed E-state index contributed by atoms with van der Waals surface area (Å²) in [6.07, 6.45) is 1.71. The maximum Gasteiger partial charge on any atom is 0.248 e. The number of hydrogen-bond acceptors (Lipinski definition) is 4. The van der Waals surface area contributed by atoms with E-state index < -0.39 is 6.04 Å². The standard InChI is InChI=1S/C15H21N3O2S/c1-10-9-11(4-5-16-10)15(20)18-7-6-17-14(19)13(18)12-3-2-8-21-12/h2-3,8,10-11,13,16H,4-7,9H2,1H3,(H,17,19)/t10-,11-,13?/m0/s1. The van der Waals surface area contributed by atoms with Crippen molar-refractivity contribution in [1.29, 1.82) is 0 Å². The number of amides is 2. The van der Waals surface area contributed by atoms with Gasteiger partial charge < -0.3 is 15.5 Å². The summed E-state index contributed by atoms with van der Waals surface area (Å²) in [6, 6.07) is 3.78. The summed E-state index contributed by atoms with van der Waals surface area (Å²) in [4.78, 5) is 27.8. The first-order chi connectivity index (χ1) is 10.2. The third-order valence-electron chi connectivity index (χ3n) is 4.28. The van der Waals surface area contributed by atoms with Crippen molar-refractivity contribution in [2.75, 3.05) is 19.6 Å². The van der Waals surface area contributed by atoms with Crippen LogP contribution in [0.5, 0.6) is 0 Å². The lowest BCUT2D eigenvalue weighted by atomic mass is 9.91. The SMILES string of the molecule is C[C@H]1C[C@@H](C(=O)N2CCNC(=O)C2c2cccs2)CCN1. The summed E-state index contributed by atoms with van der Waals surface area (Å²) >= 11 is 1.53. The lowest BCUT2D eigenvalue weighted by molar-refractivity contribution is -0.147. The molecule has 1 aromatic rings. The summed E-state index contributed by atoms with van der Waals surface area (Å²) in [7, 11) is 0. The van der Waals surface area contributed by atoms with Crippen LogP contribution in [-0.4, -0.2) is 42.4 Å². The first kappa shape index (κ1) is 14.5. The molecule has 3 atom stereocenters. The van der Waals surface area contributed by atoms with Gasteiger partial charge in [0, 0.05) is 29.9 Å². The largest absolute Gasteiger partial charge is 0.352 e. The molecule has 0 radical (unpaired) electrons. The maximum atomic E-state index is 12.9. The molecule has 3 rings (SSSR count). The second-order valence-electron chi connectivity index (χ2n) is 5.82. The number of hydrogen-bond donors (Lipinski definition) is 2. The van der Waals surface area contributed by atoms with E-state index in [2.05, 4.69) is 17.6 Å². The molecule has 1 aromatic heterocycles. The molecule has 6 heteroatoms. The quantitative estimate of drug-likeness (QED) is 0.861. The lowest BCUT2D eigenvalue weighted by Crippen LogP contribution is -2.54. The molecule has 2 saturated heterocycles. The van der Waals surface area contributed by atoms with Crippen LogP contribution in [0.3, 0.4) is 0 Å². The smallest absolute Gasteiger partial charge is 0.248 e. The Hall–Kier alpha value is -1.40. The third-order valence-corrected chi connectivity index (χ3v) is 5.21. The minimum absolute atomic E-state index is 0.0367. The Balaban J connectivity index is 1.80. The van der Waals surface area contributed by atoms with Crippen LogP contribution in [0.15, 0.2) is 17.5 Å². The molecule has 0 aliphatic carbocycles. The van der Waals surface area contributed by atoms with Crippen LogP contribution in [0.25, 0.3) is 0 Å². The van der Waals surface area contributed by atoms with Crippen LogP contribution in [0, 0.1) is 5.92 Å². The molecule has 0 spiro atoms. The molecule has 114 valence electrons. The van der Waals surface area contributed by atoms with E-state index in [0.717, 1.165) is 24.3 Å². The van der Waals surface area contributed by atoms with E-state index in [4.69, 9.17) is 0 Å². The number of carbonyl (C=O) groups excluding carboxylic acids is 2. The topological polar surface area (TPSA) is 61.4 Å². The van der Waals surface area contributed by atoms with Gasteiger partial charge in [0.25, 0.3) is 0 Å². The van der Waals surface area contributed by atoms with Gasteiger partial charge in [0.1, 0.15) is 6.04 Å². The lowest BCUT2D eigenvalue weighted by Gasteiger charge is -2.38. The molecule has 1 unspecified atom stereocenters. The highest BCUT2D eigenvalue weighted by Crippen LogP contribution is 2.30. The zero-order valence-corrected chi connectivity index (χ0v) is 13.0. The third kappa shape index (κ3) is 2.96. The monoisotopic (exact) mass is 307 g/mol. The molecule has 0 aromatic carbocycles. The fraction of sp³-hybridized carbons (Fsp3) is 0.600. The molecular weight excluding hydrogens is 286 g/mol. The van der Waals surface area contributed by atoms with Gasteiger partial charge in [0.2, 0.25) is 11.8 Å². The number of piperidine rings is 1. The first-order valence-corrected chi connectivity index (χ1v) is 8.40. The van der Waals surface area contributed by atoms with Crippen molar-refractivity contribution >= 4 is 23.2 Å². The summed E-state index contributed by atoms with van der Waals surface area (Å²) in [5.41, 5.74) is 0.